The monoisotopic (exact) mass is 428 g/mol. The summed E-state index contributed by atoms with van der Waals surface area (Å²) < 4.78 is 18.2. The van der Waals surface area contributed by atoms with Crippen LogP contribution in [0, 0.1) is 29.8 Å². The van der Waals surface area contributed by atoms with Gasteiger partial charge in [0.1, 0.15) is 16.4 Å². The molecule has 9 heteroatoms. The van der Waals surface area contributed by atoms with Crippen molar-refractivity contribution in [1.29, 1.82) is 0 Å². The molecular weight excluding hydrogens is 411 g/mol. The van der Waals surface area contributed by atoms with E-state index in [0.29, 0.717) is 16.0 Å². The highest BCUT2D eigenvalue weighted by Gasteiger charge is 2.26. The first-order valence-electron chi connectivity index (χ1n) is 8.77. The normalized spacial score (nSPS) is 10.5. The topological polar surface area (TPSA) is 98.5 Å². The number of hydrogen-bond donors (Lipinski definition) is 1. The van der Waals surface area contributed by atoms with Gasteiger partial charge in [0.05, 0.1) is 12.0 Å². The molecule has 0 radical (unpaired) electrons. The Hall–Kier alpha value is -3.59. The molecule has 0 fully saturated rings. The summed E-state index contributed by atoms with van der Waals surface area (Å²) >= 11 is 1.16. The molecule has 0 saturated carbocycles. The molecule has 7 nitrogen and oxygen atoms in total. The smallest absolute Gasteiger partial charge is 0.341 e. The van der Waals surface area contributed by atoms with Gasteiger partial charge in [0.25, 0.3) is 11.6 Å². The summed E-state index contributed by atoms with van der Waals surface area (Å²) in [7, 11) is 1.22. The number of carbonyl (C=O) groups excluding carboxylic acids is 2. The zero-order valence-electron chi connectivity index (χ0n) is 16.3. The molecule has 3 aromatic rings. The van der Waals surface area contributed by atoms with Crippen molar-refractivity contribution in [2.75, 3.05) is 12.4 Å². The molecule has 0 unspecified atom stereocenters. The Morgan fingerprint density at radius 2 is 1.80 bits per heavy atom. The van der Waals surface area contributed by atoms with Crippen molar-refractivity contribution in [1.82, 2.24) is 0 Å². The molecule has 0 spiro atoms. The lowest BCUT2D eigenvalue weighted by Gasteiger charge is -2.09. The van der Waals surface area contributed by atoms with E-state index in [4.69, 9.17) is 4.74 Å². The summed E-state index contributed by atoms with van der Waals surface area (Å²) in [5, 5.41) is 14.1. The van der Waals surface area contributed by atoms with Gasteiger partial charge >= 0.3 is 5.97 Å². The molecule has 0 aliphatic heterocycles. The third kappa shape index (κ3) is 3.92. The van der Waals surface area contributed by atoms with Crippen molar-refractivity contribution < 1.29 is 23.6 Å². The predicted octanol–water partition coefficient (Wildman–Crippen LogP) is 5.12. The number of carbonyl (C=O) groups is 2. The summed E-state index contributed by atoms with van der Waals surface area (Å²) in [6.07, 6.45) is 0. The van der Waals surface area contributed by atoms with Crippen LogP contribution in [0.3, 0.4) is 0 Å². The SMILES string of the molecule is COC(=O)c1c(NC(=O)c2cccc([N+](=O)[O-])c2C)sc(C)c1-c1ccc(F)cc1. The van der Waals surface area contributed by atoms with E-state index in [9.17, 15) is 24.1 Å². The van der Waals surface area contributed by atoms with Gasteiger partial charge in [-0.2, -0.15) is 0 Å². The maximum Gasteiger partial charge on any atom is 0.341 e. The number of hydrogen-bond acceptors (Lipinski definition) is 6. The van der Waals surface area contributed by atoms with Crippen molar-refractivity contribution in [3.05, 3.63) is 80.0 Å². The molecule has 0 aliphatic rings. The Labute approximate surface area is 175 Å². The van der Waals surface area contributed by atoms with Crippen LogP contribution < -0.4 is 5.32 Å². The van der Waals surface area contributed by atoms with Crippen LogP contribution in [0.25, 0.3) is 11.1 Å². The van der Waals surface area contributed by atoms with Crippen molar-refractivity contribution in [3.63, 3.8) is 0 Å². The Morgan fingerprint density at radius 1 is 1.13 bits per heavy atom. The number of halogens is 1. The lowest BCUT2D eigenvalue weighted by Crippen LogP contribution is -2.16. The number of thiophene rings is 1. The van der Waals surface area contributed by atoms with Crippen molar-refractivity contribution in [2.24, 2.45) is 0 Å². The molecule has 2 aromatic carbocycles. The summed E-state index contributed by atoms with van der Waals surface area (Å²) in [5.41, 5.74) is 1.42. The highest BCUT2D eigenvalue weighted by Crippen LogP contribution is 2.40. The maximum absolute atomic E-state index is 13.3. The van der Waals surface area contributed by atoms with Gasteiger partial charge in [-0.25, -0.2) is 9.18 Å². The number of esters is 1. The Morgan fingerprint density at radius 3 is 2.40 bits per heavy atom. The van der Waals surface area contributed by atoms with E-state index in [0.717, 1.165) is 11.3 Å². The van der Waals surface area contributed by atoms with Crippen LogP contribution in [0.1, 0.15) is 31.2 Å². The largest absolute Gasteiger partial charge is 0.465 e. The minimum atomic E-state index is -0.662. The van der Waals surface area contributed by atoms with Crippen LogP contribution in [0.4, 0.5) is 15.1 Å². The average Bonchev–Trinajstić information content (AvgIpc) is 3.03. The third-order valence-electron chi connectivity index (χ3n) is 4.58. The molecule has 1 heterocycles. The number of ether oxygens (including phenoxy) is 1. The van der Waals surface area contributed by atoms with E-state index in [1.165, 1.54) is 56.5 Å². The number of nitro benzene ring substituents is 1. The predicted molar refractivity (Wildman–Crippen MR) is 112 cm³/mol. The first kappa shape index (κ1) is 21.1. The molecule has 1 amide bonds. The number of nitrogens with zero attached hydrogens (tertiary/aromatic N) is 1. The zero-order chi connectivity index (χ0) is 22.0. The van der Waals surface area contributed by atoms with E-state index in [-0.39, 0.29) is 27.4 Å². The molecule has 3 rings (SSSR count). The van der Waals surface area contributed by atoms with E-state index >= 15 is 0 Å². The van der Waals surface area contributed by atoms with Gasteiger partial charge in [0, 0.05) is 27.6 Å². The molecule has 30 heavy (non-hydrogen) atoms. The number of aryl methyl sites for hydroxylation is 1. The van der Waals surface area contributed by atoms with Gasteiger partial charge in [0.15, 0.2) is 0 Å². The Kier molecular flexibility index (Phi) is 5.93. The summed E-state index contributed by atoms with van der Waals surface area (Å²) in [6, 6.07) is 9.83. The van der Waals surface area contributed by atoms with Crippen LogP contribution >= 0.6 is 11.3 Å². The van der Waals surface area contributed by atoms with Crippen LogP contribution in [-0.2, 0) is 4.74 Å². The van der Waals surface area contributed by atoms with Gasteiger partial charge in [-0.3, -0.25) is 14.9 Å². The van der Waals surface area contributed by atoms with Crippen molar-refractivity contribution >= 4 is 33.9 Å². The summed E-state index contributed by atoms with van der Waals surface area (Å²) in [4.78, 5) is 36.7. The second kappa shape index (κ2) is 8.42. The highest BCUT2D eigenvalue weighted by atomic mass is 32.1. The van der Waals surface area contributed by atoms with Gasteiger partial charge < -0.3 is 10.1 Å². The Bertz CT molecular complexity index is 1150. The van der Waals surface area contributed by atoms with Gasteiger partial charge in [-0.1, -0.05) is 18.2 Å². The molecule has 1 aromatic heterocycles. The third-order valence-corrected chi connectivity index (χ3v) is 5.60. The molecular formula is C21H17FN2O5S. The molecule has 0 atom stereocenters. The van der Waals surface area contributed by atoms with Crippen LogP contribution in [0.15, 0.2) is 42.5 Å². The number of nitro groups is 1. The first-order valence-corrected chi connectivity index (χ1v) is 9.59. The molecule has 154 valence electrons. The zero-order valence-corrected chi connectivity index (χ0v) is 17.1. The number of rotatable bonds is 5. The Balaban J connectivity index is 2.07. The van der Waals surface area contributed by atoms with Crippen LogP contribution in [-0.4, -0.2) is 23.9 Å². The van der Waals surface area contributed by atoms with Gasteiger partial charge in [0.2, 0.25) is 0 Å². The number of anilines is 1. The summed E-state index contributed by atoms with van der Waals surface area (Å²) in [5.74, 6) is -1.67. The second-order valence-electron chi connectivity index (χ2n) is 6.40. The van der Waals surface area contributed by atoms with E-state index < -0.39 is 22.6 Å². The molecule has 0 saturated heterocycles. The number of methoxy groups -OCH3 is 1. The van der Waals surface area contributed by atoms with E-state index in [1.807, 2.05) is 0 Å². The first-order chi connectivity index (χ1) is 14.2. The fourth-order valence-corrected chi connectivity index (χ4v) is 4.19. The molecule has 0 bridgehead atoms. The van der Waals surface area contributed by atoms with E-state index in [1.54, 1.807) is 6.92 Å². The second-order valence-corrected chi connectivity index (χ2v) is 7.62. The molecule has 0 aliphatic carbocycles. The van der Waals surface area contributed by atoms with Gasteiger partial charge in [-0.05, 0) is 37.6 Å². The average molecular weight is 428 g/mol. The molecule has 1 N–H and O–H groups in total. The van der Waals surface area contributed by atoms with Crippen LogP contribution in [0.5, 0.6) is 0 Å². The maximum atomic E-state index is 13.3. The lowest BCUT2D eigenvalue weighted by molar-refractivity contribution is -0.385. The van der Waals surface area contributed by atoms with Crippen molar-refractivity contribution in [3.8, 4) is 11.1 Å². The van der Waals surface area contributed by atoms with Crippen molar-refractivity contribution in [2.45, 2.75) is 13.8 Å². The minimum Gasteiger partial charge on any atom is -0.465 e. The summed E-state index contributed by atoms with van der Waals surface area (Å²) in [6.45, 7) is 3.25. The number of benzene rings is 2. The van der Waals surface area contributed by atoms with E-state index in [2.05, 4.69) is 5.32 Å². The van der Waals surface area contributed by atoms with Gasteiger partial charge in [-0.15, -0.1) is 11.3 Å². The fourth-order valence-electron chi connectivity index (χ4n) is 3.13. The minimum absolute atomic E-state index is 0.120. The quantitative estimate of drug-likeness (QED) is 0.346. The fraction of sp³-hybridized carbons (Fsp3) is 0.143. The number of nitrogens with one attached hydrogen (secondary N) is 1. The number of amides is 1. The van der Waals surface area contributed by atoms with Crippen LogP contribution in [0.2, 0.25) is 0 Å². The standard InChI is InChI=1S/C21H17FN2O5S/c1-11-15(5-4-6-16(11)24(27)28)19(25)23-20-18(21(26)29-3)17(12(2)30-20)13-7-9-14(22)10-8-13/h4-10H,1-3H3,(H,23,25). The highest BCUT2D eigenvalue weighted by molar-refractivity contribution is 7.17. The lowest BCUT2D eigenvalue weighted by atomic mass is 10.0.